The van der Waals surface area contributed by atoms with Crippen LogP contribution in [-0.4, -0.2) is 50.7 Å². The Morgan fingerprint density at radius 3 is 1.82 bits per heavy atom. The lowest BCUT2D eigenvalue weighted by molar-refractivity contribution is 0.0691. The maximum absolute atomic E-state index is 11.7. The molecule has 4 aromatic rings. The van der Waals surface area contributed by atoms with Gasteiger partial charge in [-0.3, -0.25) is 4.79 Å². The Bertz CT molecular complexity index is 1090. The van der Waals surface area contributed by atoms with Crippen LogP contribution in [0, 0.1) is 0 Å². The molecule has 6 N–H and O–H groups in total. The Morgan fingerprint density at radius 2 is 1.36 bits per heavy atom. The lowest BCUT2D eigenvalue weighted by Crippen LogP contribution is -2.24. The number of H-pyrrole nitrogens is 2. The molecule has 1 amide bonds. The number of alkyl halides is 2. The third-order valence-electron chi connectivity index (χ3n) is 4.47. The fourth-order valence-electron chi connectivity index (χ4n) is 2.83. The van der Waals surface area contributed by atoms with Gasteiger partial charge in [0.05, 0.1) is 0 Å². The van der Waals surface area contributed by atoms with Crippen molar-refractivity contribution in [2.45, 2.75) is 12.8 Å². The van der Waals surface area contributed by atoms with Crippen molar-refractivity contribution in [2.24, 2.45) is 5.73 Å². The predicted molar refractivity (Wildman–Crippen MR) is 142 cm³/mol. The van der Waals surface area contributed by atoms with Gasteiger partial charge in [-0.2, -0.15) is 0 Å². The van der Waals surface area contributed by atoms with E-state index >= 15 is 0 Å². The number of carbonyl (C=O) groups excluding carboxylic acids is 1. The lowest BCUT2D eigenvalue weighted by Gasteiger charge is -2.00. The molecule has 2 heterocycles. The Hall–Kier alpha value is -2.62. The van der Waals surface area contributed by atoms with Gasteiger partial charge in [0.15, 0.2) is 0 Å². The van der Waals surface area contributed by atoms with Gasteiger partial charge in [0.1, 0.15) is 11.4 Å². The first-order chi connectivity index (χ1) is 16.0. The highest BCUT2D eigenvalue weighted by molar-refractivity contribution is 9.09. The minimum atomic E-state index is -0.925. The summed E-state index contributed by atoms with van der Waals surface area (Å²) in [7, 11) is 0. The van der Waals surface area contributed by atoms with Crippen molar-refractivity contribution < 1.29 is 14.7 Å². The summed E-state index contributed by atoms with van der Waals surface area (Å²) in [4.78, 5) is 28.2. The molecule has 33 heavy (non-hydrogen) atoms. The van der Waals surface area contributed by atoms with Crippen molar-refractivity contribution in [3.8, 4) is 0 Å². The van der Waals surface area contributed by atoms with Crippen LogP contribution in [0.2, 0.25) is 0 Å². The number of aromatic nitrogens is 2. The summed E-state index contributed by atoms with van der Waals surface area (Å²) in [5.41, 5.74) is 7.81. The molecule has 4 rings (SSSR count). The summed E-state index contributed by atoms with van der Waals surface area (Å²) < 4.78 is 0. The molecule has 2 aromatic heterocycles. The van der Waals surface area contributed by atoms with Crippen molar-refractivity contribution in [2.75, 3.05) is 23.7 Å². The zero-order valence-corrected chi connectivity index (χ0v) is 21.3. The summed E-state index contributed by atoms with van der Waals surface area (Å²) in [5, 5.41) is 15.4. The first-order valence-electron chi connectivity index (χ1n) is 10.5. The first-order valence-corrected chi connectivity index (χ1v) is 12.7. The summed E-state index contributed by atoms with van der Waals surface area (Å²) in [6.45, 7) is 1.49. The zero-order chi connectivity index (χ0) is 24.1. The SMILES string of the molecule is NCCCBr.O=C(NCCCBr)c1cc2ccccc2[nH]1.O=C(O)c1cc2ccccc2[nH]1. The molecule has 0 bridgehead atoms. The van der Waals surface area contributed by atoms with Crippen molar-refractivity contribution in [3.63, 3.8) is 0 Å². The second-order valence-corrected chi connectivity index (χ2v) is 8.56. The van der Waals surface area contributed by atoms with Gasteiger partial charge in [-0.25, -0.2) is 4.79 Å². The van der Waals surface area contributed by atoms with Crippen LogP contribution < -0.4 is 11.1 Å². The fourth-order valence-corrected chi connectivity index (χ4v) is 3.43. The van der Waals surface area contributed by atoms with Gasteiger partial charge < -0.3 is 26.1 Å². The number of nitrogens with two attached hydrogens (primary N) is 1. The molecule has 0 spiro atoms. The number of aromatic amines is 2. The highest BCUT2D eigenvalue weighted by Crippen LogP contribution is 2.15. The van der Waals surface area contributed by atoms with Crippen molar-refractivity contribution >= 4 is 65.5 Å². The number of amides is 1. The molecule has 9 heteroatoms. The highest BCUT2D eigenvalue weighted by atomic mass is 79.9. The lowest BCUT2D eigenvalue weighted by atomic mass is 10.2. The molecule has 176 valence electrons. The molecule has 0 atom stereocenters. The Kier molecular flexibility index (Phi) is 11.7. The zero-order valence-electron chi connectivity index (χ0n) is 18.1. The van der Waals surface area contributed by atoms with E-state index in [1.165, 1.54) is 0 Å². The topological polar surface area (TPSA) is 124 Å². The number of fused-ring (bicyclic) bond motifs is 2. The number of carbonyl (C=O) groups is 2. The average molecular weight is 580 g/mol. The van der Waals surface area contributed by atoms with E-state index < -0.39 is 5.97 Å². The summed E-state index contributed by atoms with van der Waals surface area (Å²) in [5.74, 6) is -0.969. The Morgan fingerprint density at radius 1 is 0.848 bits per heavy atom. The first kappa shape index (κ1) is 26.6. The number of carboxylic acids is 1. The van der Waals surface area contributed by atoms with Crippen molar-refractivity contribution in [3.05, 3.63) is 72.1 Å². The molecule has 7 nitrogen and oxygen atoms in total. The molecule has 0 aliphatic heterocycles. The van der Waals surface area contributed by atoms with E-state index in [4.69, 9.17) is 10.8 Å². The molecule has 0 fully saturated rings. The summed E-state index contributed by atoms with van der Waals surface area (Å²) in [6, 6.07) is 18.8. The van der Waals surface area contributed by atoms with Crippen LogP contribution >= 0.6 is 31.9 Å². The average Bonchev–Trinajstić information content (AvgIpc) is 3.45. The van der Waals surface area contributed by atoms with E-state index in [2.05, 4.69) is 47.1 Å². The molecule has 0 aliphatic rings. The second kappa shape index (κ2) is 14.5. The van der Waals surface area contributed by atoms with Gasteiger partial charge in [0.25, 0.3) is 5.91 Å². The number of hydrogen-bond donors (Lipinski definition) is 5. The van der Waals surface area contributed by atoms with Crippen molar-refractivity contribution in [1.82, 2.24) is 15.3 Å². The van der Waals surface area contributed by atoms with Crippen LogP contribution in [-0.2, 0) is 0 Å². The molecule has 2 aromatic carbocycles. The minimum Gasteiger partial charge on any atom is -0.477 e. The Labute approximate surface area is 209 Å². The molecular weight excluding hydrogens is 552 g/mol. The van der Waals surface area contributed by atoms with Crippen LogP contribution in [0.1, 0.15) is 33.8 Å². The van der Waals surface area contributed by atoms with E-state index in [9.17, 15) is 9.59 Å². The van der Waals surface area contributed by atoms with Gasteiger partial charge in [-0.05, 0) is 43.7 Å². The molecule has 0 saturated heterocycles. The van der Waals surface area contributed by atoms with Gasteiger partial charge in [-0.15, -0.1) is 0 Å². The summed E-state index contributed by atoms with van der Waals surface area (Å²) >= 11 is 6.55. The number of rotatable bonds is 7. The molecule has 0 unspecified atom stereocenters. The maximum Gasteiger partial charge on any atom is 0.352 e. The van der Waals surface area contributed by atoms with Crippen LogP contribution in [0.25, 0.3) is 21.8 Å². The van der Waals surface area contributed by atoms with Gasteiger partial charge in [-0.1, -0.05) is 68.3 Å². The monoisotopic (exact) mass is 578 g/mol. The van der Waals surface area contributed by atoms with E-state index in [1.807, 2.05) is 54.6 Å². The number of nitrogens with one attached hydrogen (secondary N) is 3. The third kappa shape index (κ3) is 8.68. The normalized spacial score (nSPS) is 10.2. The van der Waals surface area contributed by atoms with Crippen LogP contribution in [0.15, 0.2) is 60.7 Å². The smallest absolute Gasteiger partial charge is 0.352 e. The Balaban J connectivity index is 0.000000200. The second-order valence-electron chi connectivity index (χ2n) is 6.98. The molecule has 0 radical (unpaired) electrons. The maximum atomic E-state index is 11.7. The van der Waals surface area contributed by atoms with Gasteiger partial charge in [0.2, 0.25) is 0 Å². The number of aromatic carboxylic acids is 1. The third-order valence-corrected chi connectivity index (χ3v) is 5.59. The molecular formula is C24H28Br2N4O3. The summed E-state index contributed by atoms with van der Waals surface area (Å²) in [6.07, 6.45) is 2.02. The molecule has 0 aliphatic carbocycles. The van der Waals surface area contributed by atoms with Crippen molar-refractivity contribution in [1.29, 1.82) is 0 Å². The molecule has 0 saturated carbocycles. The van der Waals surface area contributed by atoms with Gasteiger partial charge in [0, 0.05) is 39.0 Å². The number of para-hydroxylation sites is 2. The van der Waals surface area contributed by atoms with Crippen LogP contribution in [0.4, 0.5) is 0 Å². The van der Waals surface area contributed by atoms with E-state index in [1.54, 1.807) is 6.07 Å². The number of carboxylic acid groups (broad SMARTS) is 1. The standard InChI is InChI=1S/C12H13BrN2O.C9H7NO2.C3H8BrN/c13-6-3-7-14-12(16)11-8-9-4-1-2-5-10(9)15-11;11-9(12)8-5-6-3-1-2-4-7(6)10-8;4-2-1-3-5/h1-2,4-5,8,15H,3,6-7H2,(H,14,16);1-5,10H,(H,11,12);1-3,5H2. The largest absolute Gasteiger partial charge is 0.477 e. The van der Waals surface area contributed by atoms with Gasteiger partial charge >= 0.3 is 5.97 Å². The minimum absolute atomic E-state index is 0.0443. The number of halogens is 2. The number of hydrogen-bond acceptors (Lipinski definition) is 3. The quantitative estimate of drug-likeness (QED) is 0.151. The van der Waals surface area contributed by atoms with E-state index in [0.29, 0.717) is 12.2 Å². The van der Waals surface area contributed by atoms with Crippen LogP contribution in [0.3, 0.4) is 0 Å². The predicted octanol–water partition coefficient (Wildman–Crippen LogP) is 5.28. The fraction of sp³-hybridized carbons (Fsp3) is 0.250. The van der Waals surface area contributed by atoms with E-state index in [0.717, 1.165) is 51.9 Å². The van der Waals surface area contributed by atoms with E-state index in [-0.39, 0.29) is 11.6 Å². The van der Waals surface area contributed by atoms with Crippen LogP contribution in [0.5, 0.6) is 0 Å². The number of benzene rings is 2. The highest BCUT2D eigenvalue weighted by Gasteiger charge is 2.08.